The minimum atomic E-state index is -0.105. The summed E-state index contributed by atoms with van der Waals surface area (Å²) in [6.45, 7) is -0.0539. The quantitative estimate of drug-likeness (QED) is 0.163. The fraction of sp³-hybridized carbons (Fsp3) is 0. The van der Waals surface area contributed by atoms with E-state index in [9.17, 15) is 0 Å². The van der Waals surface area contributed by atoms with Crippen molar-refractivity contribution in [1.29, 1.82) is 0 Å². The van der Waals surface area contributed by atoms with Gasteiger partial charge in [0, 0.05) is 59.8 Å². The van der Waals surface area contributed by atoms with Crippen molar-refractivity contribution in [3.05, 3.63) is 188 Å². The molecule has 9 aromatic carbocycles. The van der Waals surface area contributed by atoms with E-state index in [0.717, 1.165) is 22.9 Å². The third kappa shape index (κ3) is 4.05. The zero-order valence-electron chi connectivity index (χ0n) is 32.7. The number of hydrogen-bond donors (Lipinski definition) is 0. The van der Waals surface area contributed by atoms with Gasteiger partial charge in [-0.2, -0.15) is 0 Å². The topological polar surface area (TPSA) is 20.1 Å². The molecule has 4 nitrogen and oxygen atoms in total. The van der Waals surface area contributed by atoms with Crippen molar-refractivity contribution in [1.82, 2.24) is 4.40 Å². The minimum Gasteiger partial charge on any atom is -0.458 e. The summed E-state index contributed by atoms with van der Waals surface area (Å²) in [5.74, 6) is 1.88. The predicted octanol–water partition coefficient (Wildman–Crippen LogP) is 10.0. The van der Waals surface area contributed by atoms with Crippen LogP contribution in [-0.4, -0.2) is 17.8 Å². The van der Waals surface area contributed by atoms with Crippen LogP contribution >= 0.6 is 11.8 Å². The zero-order valence-corrected chi connectivity index (χ0v) is 33.5. The highest BCUT2D eigenvalue weighted by atomic mass is 32.2. The van der Waals surface area contributed by atoms with Crippen molar-refractivity contribution in [3.8, 4) is 11.5 Å². The molecule has 6 heterocycles. The highest BCUT2D eigenvalue weighted by molar-refractivity contribution is 8.00. The van der Waals surface area contributed by atoms with Gasteiger partial charge in [0.25, 0.3) is 13.4 Å². The average molecular weight is 792 g/mol. The molecule has 15 rings (SSSR count). The summed E-state index contributed by atoms with van der Waals surface area (Å²) in [4.78, 5) is 7.67. The molecular weight excluding hydrogens is 760 g/mol. The Morgan fingerprint density at radius 1 is 0.426 bits per heavy atom. The number of anilines is 6. The van der Waals surface area contributed by atoms with Crippen LogP contribution in [0, 0.1) is 0 Å². The lowest BCUT2D eigenvalue weighted by atomic mass is 9.31. The second-order valence-electron chi connectivity index (χ2n) is 16.7. The molecule has 0 amide bonds. The maximum absolute atomic E-state index is 7.14. The lowest BCUT2D eigenvalue weighted by Gasteiger charge is -2.46. The molecule has 0 N–H and O–H groups in total. The molecule has 0 unspecified atom stereocenters. The number of ether oxygens (including phenoxy) is 1. The molecule has 0 saturated heterocycles. The standard InChI is InChI=1S/C54H31B2N3OS/c1-3-16-32(17-4-1)57-42-26-15-27-43-49(42)56(50-44(57)30-36-34-20-7-11-24-40(34)59-41-25-12-8-21-35(41)48(50)52(36)59)39-31-46-51-54(53(39)58(43)33-18-5-2-6-19-33)61-47-29-14-10-23-38(47)55(51)37-22-9-13-28-45(37)60-46/h1-31H. The fourth-order valence-corrected chi connectivity index (χ4v) is 12.8. The van der Waals surface area contributed by atoms with E-state index in [0.29, 0.717) is 0 Å². The molecule has 0 spiro atoms. The fourth-order valence-electron chi connectivity index (χ4n) is 11.5. The van der Waals surface area contributed by atoms with E-state index in [4.69, 9.17) is 4.74 Å². The number of nitrogens with zero attached hydrogens (tertiary/aromatic N) is 3. The van der Waals surface area contributed by atoms with Gasteiger partial charge >= 0.3 is 0 Å². The van der Waals surface area contributed by atoms with E-state index in [1.807, 2.05) is 11.8 Å². The van der Waals surface area contributed by atoms with Gasteiger partial charge < -0.3 is 18.9 Å². The van der Waals surface area contributed by atoms with Crippen molar-refractivity contribution in [2.45, 2.75) is 9.79 Å². The number of rotatable bonds is 2. The maximum Gasteiger partial charge on any atom is 0.253 e. The molecule has 0 bridgehead atoms. The minimum absolute atomic E-state index is 0.0510. The smallest absolute Gasteiger partial charge is 0.253 e. The Morgan fingerprint density at radius 3 is 1.87 bits per heavy atom. The maximum atomic E-state index is 7.14. The van der Waals surface area contributed by atoms with Gasteiger partial charge in [-0.3, -0.25) is 0 Å². The molecule has 0 saturated carbocycles. The Bertz CT molecular complexity index is 3690. The van der Waals surface area contributed by atoms with Crippen LogP contribution in [0.3, 0.4) is 0 Å². The SMILES string of the molecule is c1ccc(N2c3cccc4c3B(c3cc5c6c(c3N4c3ccccc3)Sc3ccccc3B6c3ccccc3O5)c3c2cc2c4ccccc4n4c5ccccc5c3c24)cc1. The van der Waals surface area contributed by atoms with Crippen molar-refractivity contribution in [2.75, 3.05) is 9.80 Å². The van der Waals surface area contributed by atoms with Crippen molar-refractivity contribution in [2.24, 2.45) is 0 Å². The highest BCUT2D eigenvalue weighted by Gasteiger charge is 2.49. The Kier molecular flexibility index (Phi) is 6.23. The molecule has 280 valence electrons. The van der Waals surface area contributed by atoms with Crippen LogP contribution in [0.25, 0.3) is 38.1 Å². The molecule has 4 aliphatic rings. The van der Waals surface area contributed by atoms with Gasteiger partial charge in [-0.15, -0.1) is 0 Å². The Labute approximate surface area is 356 Å². The van der Waals surface area contributed by atoms with Crippen LogP contribution in [0.2, 0.25) is 0 Å². The van der Waals surface area contributed by atoms with Crippen LogP contribution in [0.1, 0.15) is 0 Å². The van der Waals surface area contributed by atoms with E-state index in [1.54, 1.807) is 0 Å². The third-order valence-corrected chi connectivity index (χ3v) is 15.0. The normalized spacial score (nSPS) is 14.2. The Balaban J connectivity index is 1.15. The highest BCUT2D eigenvalue weighted by Crippen LogP contribution is 2.51. The summed E-state index contributed by atoms with van der Waals surface area (Å²) in [5, 5.41) is 5.14. The van der Waals surface area contributed by atoms with Crippen LogP contribution in [0.15, 0.2) is 198 Å². The number of hydrogen-bond acceptors (Lipinski definition) is 4. The van der Waals surface area contributed by atoms with E-state index in [1.165, 1.54) is 103 Å². The molecule has 11 aromatic rings. The second kappa shape index (κ2) is 11.7. The second-order valence-corrected chi connectivity index (χ2v) is 17.8. The van der Waals surface area contributed by atoms with E-state index in [-0.39, 0.29) is 13.4 Å². The number of benzene rings is 9. The van der Waals surface area contributed by atoms with Gasteiger partial charge in [-0.25, -0.2) is 0 Å². The third-order valence-electron chi connectivity index (χ3n) is 13.8. The lowest BCUT2D eigenvalue weighted by molar-refractivity contribution is 0.487. The van der Waals surface area contributed by atoms with Gasteiger partial charge in [0.15, 0.2) is 0 Å². The summed E-state index contributed by atoms with van der Waals surface area (Å²) in [7, 11) is 0. The van der Waals surface area contributed by atoms with Crippen LogP contribution in [-0.2, 0) is 0 Å². The molecule has 0 atom stereocenters. The summed E-state index contributed by atoms with van der Waals surface area (Å²) in [6.07, 6.45) is 0. The predicted molar refractivity (Wildman–Crippen MR) is 257 cm³/mol. The molecular formula is C54H31B2N3OS. The Morgan fingerprint density at radius 2 is 1.07 bits per heavy atom. The van der Waals surface area contributed by atoms with Crippen LogP contribution in [0.5, 0.6) is 11.5 Å². The summed E-state index contributed by atoms with van der Waals surface area (Å²) < 4.78 is 9.67. The van der Waals surface area contributed by atoms with Gasteiger partial charge in [-0.1, -0.05) is 132 Å². The van der Waals surface area contributed by atoms with Crippen LogP contribution < -0.4 is 47.3 Å². The van der Waals surface area contributed by atoms with E-state index < -0.39 is 0 Å². The molecule has 0 aliphatic carbocycles. The average Bonchev–Trinajstić information content (AvgIpc) is 3.84. The first-order valence-corrected chi connectivity index (χ1v) is 21.9. The number of aromatic nitrogens is 1. The Hall–Kier alpha value is -7.34. The summed E-state index contributed by atoms with van der Waals surface area (Å²) in [6, 6.07) is 69.5. The molecule has 0 radical (unpaired) electrons. The lowest BCUT2D eigenvalue weighted by Crippen LogP contribution is -2.63. The van der Waals surface area contributed by atoms with Crippen molar-refractivity contribution < 1.29 is 4.74 Å². The monoisotopic (exact) mass is 791 g/mol. The first-order valence-electron chi connectivity index (χ1n) is 21.1. The van der Waals surface area contributed by atoms with Crippen molar-refractivity contribution >= 4 is 130 Å². The largest absolute Gasteiger partial charge is 0.458 e. The van der Waals surface area contributed by atoms with Gasteiger partial charge in [0.2, 0.25) is 0 Å². The van der Waals surface area contributed by atoms with E-state index >= 15 is 0 Å². The zero-order chi connectivity index (χ0) is 39.5. The molecule has 61 heavy (non-hydrogen) atoms. The van der Waals surface area contributed by atoms with Crippen molar-refractivity contribution in [3.63, 3.8) is 0 Å². The van der Waals surface area contributed by atoms with Gasteiger partial charge in [-0.05, 0) is 100 Å². The molecule has 4 aliphatic heterocycles. The number of para-hydroxylation sites is 5. The number of fused-ring (bicyclic) bond motifs is 16. The molecule has 2 aromatic heterocycles. The molecule has 0 fully saturated rings. The molecule has 7 heteroatoms. The van der Waals surface area contributed by atoms with Gasteiger partial charge in [0.05, 0.1) is 22.2 Å². The summed E-state index contributed by atoms with van der Waals surface area (Å²) in [5.41, 5.74) is 18.6. The van der Waals surface area contributed by atoms with Gasteiger partial charge in [0.1, 0.15) is 11.5 Å². The van der Waals surface area contributed by atoms with Crippen LogP contribution in [0.4, 0.5) is 34.1 Å². The first kappa shape index (κ1) is 32.5. The first-order chi connectivity index (χ1) is 30.3. The van der Waals surface area contributed by atoms with E-state index in [2.05, 4.69) is 202 Å². The summed E-state index contributed by atoms with van der Waals surface area (Å²) >= 11 is 1.90.